The third kappa shape index (κ3) is 4.57. The second-order valence-corrected chi connectivity index (χ2v) is 4.43. The number of carbonyl (C=O) groups excluding carboxylic acids is 1. The smallest absolute Gasteiger partial charge is 0.319 e. The number of amides is 2. The fraction of sp³-hybridized carbons (Fsp3) is 0.125. The van der Waals surface area contributed by atoms with Gasteiger partial charge in [-0.2, -0.15) is 0 Å². The number of benzene rings is 1. The zero-order chi connectivity index (χ0) is 14.2. The van der Waals surface area contributed by atoms with E-state index >= 15 is 0 Å². The van der Waals surface area contributed by atoms with Crippen molar-refractivity contribution in [2.75, 3.05) is 0 Å². The molecule has 0 radical (unpaired) electrons. The number of aryl methyl sites for hydroxylation is 1. The first-order valence-electron chi connectivity index (χ1n) is 6.40. The number of carbonyl (C=O) groups is 1. The van der Waals surface area contributed by atoms with Gasteiger partial charge < -0.3 is 10.6 Å². The summed E-state index contributed by atoms with van der Waals surface area (Å²) in [5.74, 6) is 0. The molecule has 0 aliphatic carbocycles. The van der Waals surface area contributed by atoms with Gasteiger partial charge in [-0.3, -0.25) is 4.98 Å². The quantitative estimate of drug-likeness (QED) is 0.895. The maximum Gasteiger partial charge on any atom is 0.319 e. The van der Waals surface area contributed by atoms with Gasteiger partial charge in [-0.15, -0.1) is 0 Å². The number of hydrogen-bond acceptors (Lipinski definition) is 2. The van der Waals surface area contributed by atoms with Crippen LogP contribution >= 0.6 is 0 Å². The van der Waals surface area contributed by atoms with E-state index in [4.69, 9.17) is 0 Å². The molecule has 1 aromatic heterocycles. The van der Waals surface area contributed by atoms with Gasteiger partial charge in [-0.1, -0.05) is 29.8 Å². The summed E-state index contributed by atoms with van der Waals surface area (Å²) in [6.45, 7) is 2.52. The van der Waals surface area contributed by atoms with E-state index in [1.54, 1.807) is 18.6 Å². The third-order valence-corrected chi connectivity index (χ3v) is 2.77. The largest absolute Gasteiger partial charge is 0.334 e. The highest BCUT2D eigenvalue weighted by Gasteiger charge is 1.97. The van der Waals surface area contributed by atoms with Crippen molar-refractivity contribution in [2.45, 2.75) is 13.5 Å². The number of urea groups is 1. The van der Waals surface area contributed by atoms with Gasteiger partial charge in [0, 0.05) is 25.1 Å². The Morgan fingerprint density at radius 1 is 1.15 bits per heavy atom. The summed E-state index contributed by atoms with van der Waals surface area (Å²) < 4.78 is 0. The summed E-state index contributed by atoms with van der Waals surface area (Å²) in [6, 6.07) is 11.6. The van der Waals surface area contributed by atoms with Crippen molar-refractivity contribution in [3.05, 3.63) is 71.7 Å². The van der Waals surface area contributed by atoms with Crippen molar-refractivity contribution in [1.82, 2.24) is 15.6 Å². The number of rotatable bonds is 4. The Labute approximate surface area is 118 Å². The minimum atomic E-state index is -0.231. The van der Waals surface area contributed by atoms with E-state index in [1.807, 2.05) is 49.4 Å². The standard InChI is InChI=1S/C16H17N3O/c1-13-2-4-14(5-3-13)8-11-18-16(20)19-12-15-6-9-17-10-7-15/h2-11H,12H2,1H3,(H2,18,19,20)/b11-8+. The molecular weight excluding hydrogens is 250 g/mol. The maximum atomic E-state index is 11.6. The molecule has 2 rings (SSSR count). The number of aromatic nitrogens is 1. The Balaban J connectivity index is 1.76. The van der Waals surface area contributed by atoms with Gasteiger partial charge in [0.15, 0.2) is 0 Å². The Bertz CT molecular complexity index is 576. The molecule has 0 bridgehead atoms. The Morgan fingerprint density at radius 3 is 2.55 bits per heavy atom. The second-order valence-electron chi connectivity index (χ2n) is 4.43. The molecule has 0 aliphatic heterocycles. The normalized spacial score (nSPS) is 10.4. The summed E-state index contributed by atoms with van der Waals surface area (Å²) in [6.07, 6.45) is 6.89. The molecule has 0 saturated heterocycles. The molecule has 20 heavy (non-hydrogen) atoms. The molecule has 2 amide bonds. The minimum Gasteiger partial charge on any atom is -0.334 e. The molecule has 1 aromatic carbocycles. The molecule has 0 atom stereocenters. The zero-order valence-electron chi connectivity index (χ0n) is 11.3. The Morgan fingerprint density at radius 2 is 1.85 bits per heavy atom. The van der Waals surface area contributed by atoms with Crippen LogP contribution in [0, 0.1) is 6.92 Å². The van der Waals surface area contributed by atoms with Gasteiger partial charge in [0.25, 0.3) is 0 Å². The maximum absolute atomic E-state index is 11.6. The topological polar surface area (TPSA) is 54.0 Å². The van der Waals surface area contributed by atoms with Gasteiger partial charge >= 0.3 is 6.03 Å². The lowest BCUT2D eigenvalue weighted by Crippen LogP contribution is -2.31. The van der Waals surface area contributed by atoms with E-state index in [-0.39, 0.29) is 6.03 Å². The first kappa shape index (κ1) is 13.8. The van der Waals surface area contributed by atoms with Crippen molar-refractivity contribution in [2.24, 2.45) is 0 Å². The van der Waals surface area contributed by atoms with E-state index in [0.29, 0.717) is 6.54 Å². The lowest BCUT2D eigenvalue weighted by molar-refractivity contribution is 0.244. The number of pyridine rings is 1. The minimum absolute atomic E-state index is 0.231. The van der Waals surface area contributed by atoms with Crippen LogP contribution in [0.2, 0.25) is 0 Å². The number of nitrogens with one attached hydrogen (secondary N) is 2. The van der Waals surface area contributed by atoms with Crippen LogP contribution < -0.4 is 10.6 Å². The van der Waals surface area contributed by atoms with Crippen LogP contribution in [0.3, 0.4) is 0 Å². The van der Waals surface area contributed by atoms with Gasteiger partial charge in [0.2, 0.25) is 0 Å². The van der Waals surface area contributed by atoms with E-state index in [0.717, 1.165) is 11.1 Å². The molecule has 0 saturated carbocycles. The molecule has 4 nitrogen and oxygen atoms in total. The van der Waals surface area contributed by atoms with E-state index in [1.165, 1.54) is 5.56 Å². The van der Waals surface area contributed by atoms with Crippen molar-refractivity contribution in [3.8, 4) is 0 Å². The highest BCUT2D eigenvalue weighted by molar-refractivity contribution is 5.75. The fourth-order valence-electron chi connectivity index (χ4n) is 1.63. The van der Waals surface area contributed by atoms with Crippen molar-refractivity contribution in [3.63, 3.8) is 0 Å². The fourth-order valence-corrected chi connectivity index (χ4v) is 1.63. The molecule has 0 fully saturated rings. The number of nitrogens with zero attached hydrogens (tertiary/aromatic N) is 1. The average molecular weight is 267 g/mol. The van der Waals surface area contributed by atoms with Crippen LogP contribution in [0.5, 0.6) is 0 Å². The highest BCUT2D eigenvalue weighted by atomic mass is 16.2. The van der Waals surface area contributed by atoms with Crippen LogP contribution in [0.1, 0.15) is 16.7 Å². The summed E-state index contributed by atoms with van der Waals surface area (Å²) >= 11 is 0. The molecule has 2 aromatic rings. The summed E-state index contributed by atoms with van der Waals surface area (Å²) in [4.78, 5) is 15.5. The molecule has 0 aliphatic rings. The van der Waals surface area contributed by atoms with Crippen molar-refractivity contribution < 1.29 is 4.79 Å². The summed E-state index contributed by atoms with van der Waals surface area (Å²) in [5, 5.41) is 5.44. The summed E-state index contributed by atoms with van der Waals surface area (Å²) in [7, 11) is 0. The first-order chi connectivity index (χ1) is 9.74. The predicted molar refractivity (Wildman–Crippen MR) is 79.8 cm³/mol. The monoisotopic (exact) mass is 267 g/mol. The van der Waals surface area contributed by atoms with E-state index < -0.39 is 0 Å². The van der Waals surface area contributed by atoms with Crippen molar-refractivity contribution >= 4 is 12.1 Å². The molecule has 4 heteroatoms. The number of hydrogen-bond donors (Lipinski definition) is 2. The molecule has 0 unspecified atom stereocenters. The lowest BCUT2D eigenvalue weighted by Gasteiger charge is -2.04. The van der Waals surface area contributed by atoms with Crippen LogP contribution in [0.4, 0.5) is 4.79 Å². The average Bonchev–Trinajstić information content (AvgIpc) is 2.48. The molecular formula is C16H17N3O. The highest BCUT2D eigenvalue weighted by Crippen LogP contribution is 2.04. The molecule has 2 N–H and O–H groups in total. The van der Waals surface area contributed by atoms with Crippen molar-refractivity contribution in [1.29, 1.82) is 0 Å². The van der Waals surface area contributed by atoms with Gasteiger partial charge in [-0.25, -0.2) is 4.79 Å². The predicted octanol–water partition coefficient (Wildman–Crippen LogP) is 2.86. The SMILES string of the molecule is Cc1ccc(/C=C/NC(=O)NCc2ccncc2)cc1. The molecule has 0 spiro atoms. The van der Waals surface area contributed by atoms with Gasteiger partial charge in [0.05, 0.1) is 0 Å². The third-order valence-electron chi connectivity index (χ3n) is 2.77. The van der Waals surface area contributed by atoms with E-state index in [9.17, 15) is 4.79 Å². The van der Waals surface area contributed by atoms with Crippen LogP contribution in [-0.2, 0) is 6.54 Å². The molecule has 102 valence electrons. The Hall–Kier alpha value is -2.62. The first-order valence-corrected chi connectivity index (χ1v) is 6.40. The van der Waals surface area contributed by atoms with Crippen LogP contribution in [0.25, 0.3) is 6.08 Å². The van der Waals surface area contributed by atoms with Gasteiger partial charge in [-0.05, 0) is 36.3 Å². The summed E-state index contributed by atoms with van der Waals surface area (Å²) in [5.41, 5.74) is 3.27. The second kappa shape index (κ2) is 7.09. The van der Waals surface area contributed by atoms with Crippen LogP contribution in [0.15, 0.2) is 55.0 Å². The van der Waals surface area contributed by atoms with Gasteiger partial charge in [0.1, 0.15) is 0 Å². The Kier molecular flexibility index (Phi) is 4.89. The van der Waals surface area contributed by atoms with Crippen LogP contribution in [-0.4, -0.2) is 11.0 Å². The molecule has 1 heterocycles. The lowest BCUT2D eigenvalue weighted by atomic mass is 10.1. The zero-order valence-corrected chi connectivity index (χ0v) is 11.3. The van der Waals surface area contributed by atoms with E-state index in [2.05, 4.69) is 15.6 Å².